The molecule has 7 nitrogen and oxygen atoms in total. The van der Waals surface area contributed by atoms with E-state index in [9.17, 15) is 14.9 Å². The molecule has 1 aromatic carbocycles. The van der Waals surface area contributed by atoms with Crippen molar-refractivity contribution in [3.63, 3.8) is 0 Å². The molecule has 1 N–H and O–H groups in total. The van der Waals surface area contributed by atoms with Crippen molar-refractivity contribution in [1.29, 1.82) is 5.26 Å². The van der Waals surface area contributed by atoms with Gasteiger partial charge in [-0.15, -0.1) is 11.3 Å². The van der Waals surface area contributed by atoms with E-state index in [0.717, 1.165) is 10.6 Å². The van der Waals surface area contributed by atoms with Crippen molar-refractivity contribution in [1.82, 2.24) is 14.8 Å². The minimum absolute atomic E-state index is 0.0647. The quantitative estimate of drug-likeness (QED) is 0.166. The molecule has 0 atom stereocenters. The summed E-state index contributed by atoms with van der Waals surface area (Å²) in [6, 6.07) is 15.5. The second-order valence-corrected chi connectivity index (χ2v) is 8.48. The van der Waals surface area contributed by atoms with Crippen molar-refractivity contribution in [3.05, 3.63) is 87.7 Å². The van der Waals surface area contributed by atoms with Crippen LogP contribution in [0.15, 0.2) is 59.6 Å². The highest BCUT2D eigenvalue weighted by Crippen LogP contribution is 2.30. The normalized spacial score (nSPS) is 11.3. The molecule has 34 heavy (non-hydrogen) atoms. The number of benzene rings is 1. The van der Waals surface area contributed by atoms with Gasteiger partial charge in [-0.1, -0.05) is 24.3 Å². The van der Waals surface area contributed by atoms with Crippen LogP contribution in [-0.2, 0) is 4.74 Å². The second-order valence-electron chi connectivity index (χ2n) is 7.53. The summed E-state index contributed by atoms with van der Waals surface area (Å²) in [5.74, 6) is -0.998. The number of carbonyl (C=O) groups is 2. The van der Waals surface area contributed by atoms with Crippen LogP contribution >= 0.6 is 11.3 Å². The monoisotopic (exact) mass is 470 g/mol. The summed E-state index contributed by atoms with van der Waals surface area (Å²) >= 11 is 1.52. The third-order valence-corrected chi connectivity index (χ3v) is 6.20. The van der Waals surface area contributed by atoms with E-state index in [-0.39, 0.29) is 17.9 Å². The molecule has 4 rings (SSSR count). The first-order valence-electron chi connectivity index (χ1n) is 10.7. The van der Waals surface area contributed by atoms with Gasteiger partial charge < -0.3 is 9.72 Å². The van der Waals surface area contributed by atoms with Crippen LogP contribution in [0.3, 0.4) is 0 Å². The van der Waals surface area contributed by atoms with Gasteiger partial charge in [-0.05, 0) is 56.0 Å². The molecule has 3 heterocycles. The SMILES string of the molecule is CCOC(=O)c1c(C)[nH]c(C(=O)/C(C#N)=C/c2cn(-c3ccccc3)nc2-c2cccs2)c1C. The maximum atomic E-state index is 13.3. The number of aromatic amines is 1. The van der Waals surface area contributed by atoms with E-state index >= 15 is 0 Å². The third kappa shape index (κ3) is 4.34. The molecule has 0 bridgehead atoms. The number of rotatable bonds is 7. The highest BCUT2D eigenvalue weighted by Gasteiger charge is 2.25. The Hall–Kier alpha value is -4.22. The Balaban J connectivity index is 1.78. The molecule has 0 radical (unpaired) electrons. The molecule has 0 saturated carbocycles. The van der Waals surface area contributed by atoms with Gasteiger partial charge in [0.15, 0.2) is 0 Å². The largest absolute Gasteiger partial charge is 0.462 e. The van der Waals surface area contributed by atoms with E-state index in [4.69, 9.17) is 9.84 Å². The number of ketones is 1. The zero-order valence-corrected chi connectivity index (χ0v) is 19.8. The fourth-order valence-corrected chi connectivity index (χ4v) is 4.47. The van der Waals surface area contributed by atoms with Gasteiger partial charge in [0.25, 0.3) is 0 Å². The van der Waals surface area contributed by atoms with Crippen LogP contribution in [0.25, 0.3) is 22.3 Å². The number of H-pyrrole nitrogens is 1. The first kappa shape index (κ1) is 23.0. The lowest BCUT2D eigenvalue weighted by molar-refractivity contribution is 0.0525. The topological polar surface area (TPSA) is 101 Å². The number of nitriles is 1. The zero-order valence-electron chi connectivity index (χ0n) is 19.0. The predicted molar refractivity (Wildman–Crippen MR) is 131 cm³/mol. The summed E-state index contributed by atoms with van der Waals surface area (Å²) in [5.41, 5.74) is 3.60. The smallest absolute Gasteiger partial charge is 0.340 e. The van der Waals surface area contributed by atoms with Crippen molar-refractivity contribution < 1.29 is 14.3 Å². The Morgan fingerprint density at radius 2 is 1.97 bits per heavy atom. The number of hydrogen-bond acceptors (Lipinski definition) is 6. The second kappa shape index (κ2) is 9.73. The molecular formula is C26H22N4O3S. The number of Topliss-reactive ketones (excluding diaryl/α,β-unsaturated/α-hetero) is 1. The first-order valence-corrected chi connectivity index (χ1v) is 11.5. The number of aryl methyl sites for hydroxylation is 1. The van der Waals surface area contributed by atoms with Crippen LogP contribution in [-0.4, -0.2) is 33.1 Å². The maximum absolute atomic E-state index is 13.3. The maximum Gasteiger partial charge on any atom is 0.340 e. The van der Waals surface area contributed by atoms with Crippen molar-refractivity contribution in [2.24, 2.45) is 0 Å². The number of carbonyl (C=O) groups excluding carboxylic acids is 2. The van der Waals surface area contributed by atoms with Crippen molar-refractivity contribution >= 4 is 29.2 Å². The Kier molecular flexibility index (Phi) is 6.57. The average Bonchev–Trinajstić information content (AvgIpc) is 3.57. The molecule has 0 unspecified atom stereocenters. The Morgan fingerprint density at radius 3 is 2.62 bits per heavy atom. The van der Waals surface area contributed by atoms with Gasteiger partial charge in [-0.2, -0.15) is 10.4 Å². The molecule has 0 saturated heterocycles. The number of para-hydroxylation sites is 1. The van der Waals surface area contributed by atoms with E-state index in [0.29, 0.717) is 28.1 Å². The van der Waals surface area contributed by atoms with Gasteiger partial charge in [0.05, 0.1) is 28.4 Å². The third-order valence-electron chi connectivity index (χ3n) is 5.33. The van der Waals surface area contributed by atoms with Crippen molar-refractivity contribution in [2.75, 3.05) is 6.61 Å². The summed E-state index contributed by atoms with van der Waals surface area (Å²) < 4.78 is 6.83. The lowest BCUT2D eigenvalue weighted by Crippen LogP contribution is -2.08. The lowest BCUT2D eigenvalue weighted by Gasteiger charge is -2.02. The van der Waals surface area contributed by atoms with Gasteiger partial charge in [-0.3, -0.25) is 4.79 Å². The fourth-order valence-electron chi connectivity index (χ4n) is 3.74. The molecule has 0 fully saturated rings. The summed E-state index contributed by atoms with van der Waals surface area (Å²) in [6.45, 7) is 5.32. The molecule has 0 amide bonds. The van der Waals surface area contributed by atoms with Gasteiger partial charge >= 0.3 is 5.97 Å². The molecule has 0 aliphatic carbocycles. The summed E-state index contributed by atoms with van der Waals surface area (Å²) in [6.07, 6.45) is 3.34. The summed E-state index contributed by atoms with van der Waals surface area (Å²) in [4.78, 5) is 29.5. The minimum Gasteiger partial charge on any atom is -0.462 e. The summed E-state index contributed by atoms with van der Waals surface area (Å²) in [5, 5.41) is 16.5. The fraction of sp³-hybridized carbons (Fsp3) is 0.154. The first-order chi connectivity index (χ1) is 16.4. The molecule has 4 aromatic rings. The van der Waals surface area contributed by atoms with Crippen molar-refractivity contribution in [2.45, 2.75) is 20.8 Å². The Bertz CT molecular complexity index is 1420. The van der Waals surface area contributed by atoms with E-state index in [1.165, 1.54) is 11.3 Å². The number of nitrogens with one attached hydrogen (secondary N) is 1. The molecule has 8 heteroatoms. The van der Waals surface area contributed by atoms with Gasteiger partial charge in [0.1, 0.15) is 17.3 Å². The van der Waals surface area contributed by atoms with Crippen molar-refractivity contribution in [3.8, 4) is 22.3 Å². The zero-order chi connectivity index (χ0) is 24.2. The van der Waals surface area contributed by atoms with Gasteiger partial charge in [-0.25, -0.2) is 9.48 Å². The number of allylic oxidation sites excluding steroid dienone is 1. The number of aromatic nitrogens is 3. The van der Waals surface area contributed by atoms with Crippen LogP contribution in [0.1, 0.15) is 44.6 Å². The minimum atomic E-state index is -0.501. The number of ether oxygens (including phenoxy) is 1. The van der Waals surface area contributed by atoms with Gasteiger partial charge in [0.2, 0.25) is 5.78 Å². The number of esters is 1. The standard InChI is InChI=1S/C26H22N4O3S/c1-4-33-26(32)22-16(2)23(28-17(22)3)25(31)18(14-27)13-19-15-30(20-9-6-5-7-10-20)29-24(19)21-11-8-12-34-21/h5-13,15,28H,4H2,1-3H3/b18-13+. The summed E-state index contributed by atoms with van der Waals surface area (Å²) in [7, 11) is 0. The van der Waals surface area contributed by atoms with Crippen LogP contribution in [0.2, 0.25) is 0 Å². The Labute approximate surface area is 200 Å². The molecule has 0 aliphatic rings. The van der Waals surface area contributed by atoms with E-state index in [2.05, 4.69) is 4.98 Å². The molecule has 170 valence electrons. The van der Waals surface area contributed by atoms with E-state index in [1.54, 1.807) is 37.7 Å². The van der Waals surface area contributed by atoms with Gasteiger partial charge in [0, 0.05) is 17.5 Å². The molecule has 0 spiro atoms. The molecular weight excluding hydrogens is 448 g/mol. The number of thiophene rings is 1. The predicted octanol–water partition coefficient (Wildman–Crippen LogP) is 5.51. The average molecular weight is 471 g/mol. The van der Waals surface area contributed by atoms with E-state index in [1.807, 2.05) is 53.9 Å². The van der Waals surface area contributed by atoms with E-state index < -0.39 is 11.8 Å². The van der Waals surface area contributed by atoms with Crippen LogP contribution in [0.4, 0.5) is 0 Å². The molecule has 3 aromatic heterocycles. The number of nitrogens with zero attached hydrogens (tertiary/aromatic N) is 3. The number of hydrogen-bond donors (Lipinski definition) is 1. The van der Waals surface area contributed by atoms with Crippen LogP contribution < -0.4 is 0 Å². The lowest BCUT2D eigenvalue weighted by atomic mass is 10.0. The highest BCUT2D eigenvalue weighted by atomic mass is 32.1. The molecule has 0 aliphatic heterocycles. The van der Waals surface area contributed by atoms with Crippen LogP contribution in [0, 0.1) is 25.2 Å². The Morgan fingerprint density at radius 1 is 1.21 bits per heavy atom. The van der Waals surface area contributed by atoms with Crippen LogP contribution in [0.5, 0.6) is 0 Å². The highest BCUT2D eigenvalue weighted by molar-refractivity contribution is 7.13.